The van der Waals surface area contributed by atoms with Crippen LogP contribution >= 0.6 is 0 Å². The van der Waals surface area contributed by atoms with Gasteiger partial charge in [0.2, 0.25) is 5.91 Å². The molecule has 5 nitrogen and oxygen atoms in total. The van der Waals surface area contributed by atoms with E-state index in [-0.39, 0.29) is 17.9 Å². The smallest absolute Gasteiger partial charge is 0.254 e. The molecular formula is C15H18N2O3. The van der Waals surface area contributed by atoms with E-state index in [1.807, 2.05) is 24.0 Å². The van der Waals surface area contributed by atoms with E-state index in [4.69, 9.17) is 4.74 Å². The number of benzene rings is 1. The fourth-order valence-corrected chi connectivity index (χ4v) is 2.70. The Kier molecular flexibility index (Phi) is 3.44. The molecule has 3 rings (SSSR count). The second-order valence-electron chi connectivity index (χ2n) is 5.35. The number of carbonyl (C=O) groups excluding carboxylic acids is 2. The Labute approximate surface area is 117 Å². The van der Waals surface area contributed by atoms with Gasteiger partial charge in [0.05, 0.1) is 12.7 Å². The molecule has 0 aromatic heterocycles. The first kappa shape index (κ1) is 13.1. The maximum atomic E-state index is 12.5. The number of carbonyl (C=O) groups is 2. The Morgan fingerprint density at radius 2 is 2.25 bits per heavy atom. The number of aryl methyl sites for hydroxylation is 1. The van der Waals surface area contributed by atoms with Gasteiger partial charge in [0.25, 0.3) is 5.91 Å². The van der Waals surface area contributed by atoms with Crippen LogP contribution in [0, 0.1) is 0 Å². The van der Waals surface area contributed by atoms with Crippen LogP contribution in [0.5, 0.6) is 0 Å². The first-order valence-corrected chi connectivity index (χ1v) is 6.97. The third kappa shape index (κ3) is 2.54. The zero-order chi connectivity index (χ0) is 14.1. The maximum Gasteiger partial charge on any atom is 0.254 e. The van der Waals surface area contributed by atoms with Gasteiger partial charge in [0.15, 0.2) is 0 Å². The molecule has 1 saturated heterocycles. The molecule has 106 valence electrons. The average Bonchev–Trinajstić information content (AvgIpc) is 2.46. The van der Waals surface area contributed by atoms with E-state index in [2.05, 4.69) is 5.32 Å². The Hall–Kier alpha value is -1.88. The summed E-state index contributed by atoms with van der Waals surface area (Å²) >= 11 is 0. The molecule has 1 atom stereocenters. The van der Waals surface area contributed by atoms with Gasteiger partial charge in [0, 0.05) is 30.8 Å². The molecule has 0 bridgehead atoms. The summed E-state index contributed by atoms with van der Waals surface area (Å²) in [5, 5.41) is 2.83. The number of anilines is 1. The summed E-state index contributed by atoms with van der Waals surface area (Å²) in [5.41, 5.74) is 2.55. The number of amides is 2. The summed E-state index contributed by atoms with van der Waals surface area (Å²) in [7, 11) is 0. The van der Waals surface area contributed by atoms with Crippen molar-refractivity contribution >= 4 is 17.5 Å². The number of rotatable bonds is 1. The van der Waals surface area contributed by atoms with Crippen molar-refractivity contribution in [3.63, 3.8) is 0 Å². The van der Waals surface area contributed by atoms with Crippen molar-refractivity contribution in [2.75, 3.05) is 25.0 Å². The quantitative estimate of drug-likeness (QED) is 0.843. The van der Waals surface area contributed by atoms with Crippen LogP contribution in [-0.2, 0) is 16.0 Å². The van der Waals surface area contributed by atoms with E-state index < -0.39 is 0 Å². The Morgan fingerprint density at radius 1 is 1.40 bits per heavy atom. The van der Waals surface area contributed by atoms with E-state index in [1.165, 1.54) is 0 Å². The van der Waals surface area contributed by atoms with Crippen molar-refractivity contribution in [2.24, 2.45) is 0 Å². The van der Waals surface area contributed by atoms with E-state index in [9.17, 15) is 9.59 Å². The van der Waals surface area contributed by atoms with Crippen LogP contribution in [0.15, 0.2) is 18.2 Å². The molecule has 5 heteroatoms. The van der Waals surface area contributed by atoms with Crippen molar-refractivity contribution in [3.8, 4) is 0 Å². The Balaban J connectivity index is 1.80. The fourth-order valence-electron chi connectivity index (χ4n) is 2.70. The lowest BCUT2D eigenvalue weighted by atomic mass is 10.00. The Bertz CT molecular complexity index is 556. The van der Waals surface area contributed by atoms with Crippen molar-refractivity contribution in [3.05, 3.63) is 29.3 Å². The number of nitrogens with zero attached hydrogens (tertiary/aromatic N) is 1. The number of nitrogens with one attached hydrogen (secondary N) is 1. The van der Waals surface area contributed by atoms with E-state index >= 15 is 0 Å². The molecular weight excluding hydrogens is 256 g/mol. The number of hydrogen-bond donors (Lipinski definition) is 1. The molecule has 0 radical (unpaired) electrons. The minimum Gasteiger partial charge on any atom is -0.375 e. The van der Waals surface area contributed by atoms with E-state index in [1.54, 1.807) is 6.07 Å². The predicted molar refractivity (Wildman–Crippen MR) is 74.7 cm³/mol. The summed E-state index contributed by atoms with van der Waals surface area (Å²) in [5.74, 6) is 0.0819. The lowest BCUT2D eigenvalue weighted by Crippen LogP contribution is -2.44. The standard InChI is InChI=1S/C15H18N2O3/c1-10-9-17(6-7-20-10)15(19)12-2-4-13-11(8-12)3-5-14(18)16-13/h2,4,8,10H,3,5-7,9H2,1H3,(H,16,18)/t10-/m1/s1. The van der Waals surface area contributed by atoms with Gasteiger partial charge in [-0.1, -0.05) is 0 Å². The van der Waals surface area contributed by atoms with Crippen LogP contribution < -0.4 is 5.32 Å². The number of hydrogen-bond acceptors (Lipinski definition) is 3. The molecule has 2 aliphatic heterocycles. The lowest BCUT2D eigenvalue weighted by molar-refractivity contribution is -0.116. The minimum absolute atomic E-state index is 0.0404. The molecule has 2 amide bonds. The summed E-state index contributed by atoms with van der Waals surface area (Å²) in [6.07, 6.45) is 1.27. The zero-order valence-electron chi connectivity index (χ0n) is 11.5. The van der Waals surface area contributed by atoms with Gasteiger partial charge in [0.1, 0.15) is 0 Å². The predicted octanol–water partition coefficient (Wildman–Crippen LogP) is 1.43. The van der Waals surface area contributed by atoms with Crippen LogP contribution in [0.3, 0.4) is 0 Å². The van der Waals surface area contributed by atoms with Crippen LogP contribution in [0.25, 0.3) is 0 Å². The molecule has 20 heavy (non-hydrogen) atoms. The van der Waals surface area contributed by atoms with Gasteiger partial charge in [-0.3, -0.25) is 9.59 Å². The molecule has 1 aromatic rings. The molecule has 1 aromatic carbocycles. The summed E-state index contributed by atoms with van der Waals surface area (Å²) < 4.78 is 5.46. The van der Waals surface area contributed by atoms with Crippen molar-refractivity contribution in [1.29, 1.82) is 0 Å². The van der Waals surface area contributed by atoms with Crippen LogP contribution in [0.2, 0.25) is 0 Å². The third-order valence-corrected chi connectivity index (χ3v) is 3.78. The number of morpholine rings is 1. The fraction of sp³-hybridized carbons (Fsp3) is 0.467. The molecule has 0 aliphatic carbocycles. The van der Waals surface area contributed by atoms with Gasteiger partial charge in [-0.2, -0.15) is 0 Å². The van der Waals surface area contributed by atoms with Crippen LogP contribution in [-0.4, -0.2) is 42.5 Å². The van der Waals surface area contributed by atoms with Crippen molar-refractivity contribution in [1.82, 2.24) is 4.90 Å². The maximum absolute atomic E-state index is 12.5. The third-order valence-electron chi connectivity index (χ3n) is 3.78. The van der Waals surface area contributed by atoms with Crippen LogP contribution in [0.4, 0.5) is 5.69 Å². The largest absolute Gasteiger partial charge is 0.375 e. The molecule has 2 heterocycles. The van der Waals surface area contributed by atoms with Gasteiger partial charge in [-0.05, 0) is 37.1 Å². The molecule has 1 N–H and O–H groups in total. The number of fused-ring (bicyclic) bond motifs is 1. The van der Waals surface area contributed by atoms with Gasteiger partial charge in [-0.25, -0.2) is 0 Å². The van der Waals surface area contributed by atoms with Gasteiger partial charge >= 0.3 is 0 Å². The Morgan fingerprint density at radius 3 is 3.05 bits per heavy atom. The highest BCUT2D eigenvalue weighted by molar-refractivity contribution is 5.98. The topological polar surface area (TPSA) is 58.6 Å². The van der Waals surface area contributed by atoms with Crippen molar-refractivity contribution in [2.45, 2.75) is 25.9 Å². The normalized spacial score (nSPS) is 22.1. The summed E-state index contributed by atoms with van der Waals surface area (Å²) in [4.78, 5) is 25.6. The molecule has 0 saturated carbocycles. The first-order chi connectivity index (χ1) is 9.63. The molecule has 0 unspecified atom stereocenters. The lowest BCUT2D eigenvalue weighted by Gasteiger charge is -2.31. The second-order valence-corrected chi connectivity index (χ2v) is 5.35. The van der Waals surface area contributed by atoms with E-state index in [0.29, 0.717) is 38.1 Å². The molecule has 2 aliphatic rings. The van der Waals surface area contributed by atoms with Crippen LogP contribution in [0.1, 0.15) is 29.3 Å². The summed E-state index contributed by atoms with van der Waals surface area (Å²) in [6.45, 7) is 3.83. The highest BCUT2D eigenvalue weighted by Crippen LogP contribution is 2.24. The van der Waals surface area contributed by atoms with Gasteiger partial charge < -0.3 is 15.0 Å². The van der Waals surface area contributed by atoms with Crippen molar-refractivity contribution < 1.29 is 14.3 Å². The second kappa shape index (κ2) is 5.25. The minimum atomic E-state index is 0.0404. The zero-order valence-corrected chi connectivity index (χ0v) is 11.5. The molecule has 1 fully saturated rings. The first-order valence-electron chi connectivity index (χ1n) is 6.97. The molecule has 0 spiro atoms. The highest BCUT2D eigenvalue weighted by Gasteiger charge is 2.23. The average molecular weight is 274 g/mol. The van der Waals surface area contributed by atoms with E-state index in [0.717, 1.165) is 11.3 Å². The van der Waals surface area contributed by atoms with Gasteiger partial charge in [-0.15, -0.1) is 0 Å². The highest BCUT2D eigenvalue weighted by atomic mass is 16.5. The number of ether oxygens (including phenoxy) is 1. The SMILES string of the molecule is C[C@@H]1CN(C(=O)c2ccc3c(c2)CCC(=O)N3)CCO1. The summed E-state index contributed by atoms with van der Waals surface area (Å²) in [6, 6.07) is 5.51. The monoisotopic (exact) mass is 274 g/mol.